The molecule has 1 saturated heterocycles. The van der Waals surface area contributed by atoms with Crippen LogP contribution in [-0.2, 0) is 9.47 Å². The smallest absolute Gasteiger partial charge is 0.200 e. The van der Waals surface area contributed by atoms with Gasteiger partial charge in [0, 0.05) is 5.92 Å². The topological polar surface area (TPSA) is 27.7 Å². The molecule has 1 heterocycles. The predicted molar refractivity (Wildman–Crippen MR) is 131 cm³/mol. The number of hydrogen-bond acceptors (Lipinski definition) is 3. The zero-order valence-corrected chi connectivity index (χ0v) is 21.2. The standard InChI is InChI=1S/C29H44F2O3/c1-3-5-20-6-10-22(11-7-20)23-12-8-21(9-13-23)18-33-27-17-14-24(19-34-27)25-15-16-26(32-4-2)29(31)28(25)30/h15-16,20-24,27H,3-14,17-19H2,1-2H3. The molecule has 0 radical (unpaired) electrons. The van der Waals surface area contributed by atoms with Crippen LogP contribution >= 0.6 is 0 Å². The lowest BCUT2D eigenvalue weighted by atomic mass is 9.69. The van der Waals surface area contributed by atoms with Gasteiger partial charge in [-0.15, -0.1) is 0 Å². The molecule has 1 aromatic rings. The van der Waals surface area contributed by atoms with E-state index in [1.807, 2.05) is 0 Å². The molecule has 0 spiro atoms. The van der Waals surface area contributed by atoms with E-state index in [0.717, 1.165) is 37.2 Å². The summed E-state index contributed by atoms with van der Waals surface area (Å²) in [6, 6.07) is 3.15. The number of benzene rings is 1. The molecule has 1 aromatic carbocycles. The number of hydrogen-bond donors (Lipinski definition) is 0. The first-order valence-electron chi connectivity index (χ1n) is 13.9. The van der Waals surface area contributed by atoms with Crippen LogP contribution in [0, 0.1) is 35.3 Å². The minimum atomic E-state index is -0.901. The predicted octanol–water partition coefficient (Wildman–Crippen LogP) is 8.01. The summed E-state index contributed by atoms with van der Waals surface area (Å²) >= 11 is 0. The molecule has 0 amide bonds. The van der Waals surface area contributed by atoms with Gasteiger partial charge in [-0.3, -0.25) is 0 Å². The van der Waals surface area contributed by atoms with Crippen LogP contribution < -0.4 is 4.74 Å². The summed E-state index contributed by atoms with van der Waals surface area (Å²) in [7, 11) is 0. The van der Waals surface area contributed by atoms with Crippen molar-refractivity contribution < 1.29 is 23.0 Å². The van der Waals surface area contributed by atoms with Crippen molar-refractivity contribution in [3.63, 3.8) is 0 Å². The van der Waals surface area contributed by atoms with Gasteiger partial charge in [-0.25, -0.2) is 4.39 Å². The van der Waals surface area contributed by atoms with E-state index in [4.69, 9.17) is 14.2 Å². The molecule has 0 N–H and O–H groups in total. The summed E-state index contributed by atoms with van der Waals surface area (Å²) in [6.45, 7) is 5.50. The normalized spacial score (nSPS) is 32.5. The van der Waals surface area contributed by atoms with E-state index < -0.39 is 11.6 Å². The van der Waals surface area contributed by atoms with Crippen LogP contribution in [0.5, 0.6) is 5.75 Å². The Labute approximate surface area is 204 Å². The average molecular weight is 479 g/mol. The van der Waals surface area contributed by atoms with Crippen LogP contribution in [-0.4, -0.2) is 26.1 Å². The third kappa shape index (κ3) is 6.51. The summed E-state index contributed by atoms with van der Waals surface area (Å²) < 4.78 is 46.0. The van der Waals surface area contributed by atoms with E-state index >= 15 is 0 Å². The zero-order valence-electron chi connectivity index (χ0n) is 21.2. The van der Waals surface area contributed by atoms with E-state index in [0.29, 0.717) is 24.7 Å². The second kappa shape index (κ2) is 12.7. The van der Waals surface area contributed by atoms with Gasteiger partial charge in [-0.05, 0) is 93.6 Å². The Hall–Kier alpha value is -1.20. The third-order valence-corrected chi connectivity index (χ3v) is 8.71. The quantitative estimate of drug-likeness (QED) is 0.360. The maximum Gasteiger partial charge on any atom is 0.200 e. The molecule has 2 saturated carbocycles. The molecule has 4 rings (SSSR count). The minimum absolute atomic E-state index is 0.0272. The van der Waals surface area contributed by atoms with Crippen LogP contribution in [0.15, 0.2) is 12.1 Å². The SMILES string of the molecule is CCCC1CCC(C2CCC(COC3CCC(c4ccc(OCC)c(F)c4F)CO3)CC2)CC1. The molecule has 0 bridgehead atoms. The van der Waals surface area contributed by atoms with Crippen molar-refractivity contribution in [1.29, 1.82) is 0 Å². The maximum atomic E-state index is 14.5. The zero-order chi connectivity index (χ0) is 23.9. The molecule has 2 atom stereocenters. The molecule has 5 heteroatoms. The Kier molecular flexibility index (Phi) is 9.64. The highest BCUT2D eigenvalue weighted by Crippen LogP contribution is 2.42. The van der Waals surface area contributed by atoms with Gasteiger partial charge in [0.2, 0.25) is 5.82 Å². The van der Waals surface area contributed by atoms with Gasteiger partial charge in [-0.2, -0.15) is 4.39 Å². The Bertz CT molecular complexity index is 746. The minimum Gasteiger partial charge on any atom is -0.491 e. The second-order valence-corrected chi connectivity index (χ2v) is 10.9. The fourth-order valence-electron chi connectivity index (χ4n) is 6.66. The Morgan fingerprint density at radius 3 is 2.09 bits per heavy atom. The fourth-order valence-corrected chi connectivity index (χ4v) is 6.66. The van der Waals surface area contributed by atoms with Crippen molar-refractivity contribution in [2.45, 2.75) is 103 Å². The van der Waals surface area contributed by atoms with Gasteiger partial charge in [0.25, 0.3) is 0 Å². The van der Waals surface area contributed by atoms with Crippen molar-refractivity contribution in [3.8, 4) is 5.75 Å². The van der Waals surface area contributed by atoms with Crippen LogP contribution in [0.4, 0.5) is 8.78 Å². The Morgan fingerprint density at radius 2 is 1.50 bits per heavy atom. The summed E-state index contributed by atoms with van der Waals surface area (Å²) in [5.41, 5.74) is 0.376. The van der Waals surface area contributed by atoms with Crippen LogP contribution in [0.1, 0.15) is 102 Å². The maximum absolute atomic E-state index is 14.5. The molecule has 34 heavy (non-hydrogen) atoms. The largest absolute Gasteiger partial charge is 0.491 e. The first kappa shape index (κ1) is 25.9. The lowest BCUT2D eigenvalue weighted by Gasteiger charge is -2.38. The molecule has 2 aliphatic carbocycles. The first-order valence-corrected chi connectivity index (χ1v) is 13.9. The van der Waals surface area contributed by atoms with Crippen LogP contribution in [0.2, 0.25) is 0 Å². The van der Waals surface area contributed by atoms with Crippen LogP contribution in [0.3, 0.4) is 0 Å². The molecule has 192 valence electrons. The van der Waals surface area contributed by atoms with Crippen LogP contribution in [0.25, 0.3) is 0 Å². The summed E-state index contributed by atoms with van der Waals surface area (Å²) in [6.07, 6.45) is 15.0. The lowest BCUT2D eigenvalue weighted by Crippen LogP contribution is -2.31. The number of rotatable bonds is 9. The molecule has 3 nitrogen and oxygen atoms in total. The van der Waals surface area contributed by atoms with E-state index in [9.17, 15) is 8.78 Å². The molecular weight excluding hydrogens is 434 g/mol. The van der Waals surface area contributed by atoms with Crippen molar-refractivity contribution >= 4 is 0 Å². The van der Waals surface area contributed by atoms with Crippen molar-refractivity contribution in [3.05, 3.63) is 29.3 Å². The molecule has 2 unspecified atom stereocenters. The summed E-state index contributed by atoms with van der Waals surface area (Å²) in [5, 5.41) is 0. The average Bonchev–Trinajstić information content (AvgIpc) is 2.87. The van der Waals surface area contributed by atoms with E-state index in [-0.39, 0.29) is 18.0 Å². The third-order valence-electron chi connectivity index (χ3n) is 8.71. The van der Waals surface area contributed by atoms with E-state index in [1.54, 1.807) is 13.0 Å². The molecule has 0 aromatic heterocycles. The first-order chi connectivity index (χ1) is 16.6. The summed E-state index contributed by atoms with van der Waals surface area (Å²) in [4.78, 5) is 0. The highest BCUT2D eigenvalue weighted by molar-refractivity contribution is 5.33. The van der Waals surface area contributed by atoms with Crippen molar-refractivity contribution in [1.82, 2.24) is 0 Å². The summed E-state index contributed by atoms with van der Waals surface area (Å²) in [5.74, 6) is 1.62. The second-order valence-electron chi connectivity index (χ2n) is 10.9. The highest BCUT2D eigenvalue weighted by Gasteiger charge is 2.32. The highest BCUT2D eigenvalue weighted by atomic mass is 19.2. The van der Waals surface area contributed by atoms with Crippen molar-refractivity contribution in [2.75, 3.05) is 19.8 Å². The lowest BCUT2D eigenvalue weighted by molar-refractivity contribution is -0.175. The van der Waals surface area contributed by atoms with E-state index in [2.05, 4.69) is 6.92 Å². The molecule has 3 aliphatic rings. The number of ether oxygens (including phenoxy) is 3. The van der Waals surface area contributed by atoms with Gasteiger partial charge in [-0.1, -0.05) is 38.7 Å². The van der Waals surface area contributed by atoms with Gasteiger partial charge >= 0.3 is 0 Å². The van der Waals surface area contributed by atoms with Crippen molar-refractivity contribution in [2.24, 2.45) is 23.7 Å². The van der Waals surface area contributed by atoms with Gasteiger partial charge in [0.15, 0.2) is 17.9 Å². The molecule has 1 aliphatic heterocycles. The Balaban J connectivity index is 1.15. The van der Waals surface area contributed by atoms with Gasteiger partial charge < -0.3 is 14.2 Å². The Morgan fingerprint density at radius 1 is 0.824 bits per heavy atom. The molecular formula is C29H44F2O3. The fraction of sp³-hybridized carbons (Fsp3) is 0.793. The monoisotopic (exact) mass is 478 g/mol. The van der Waals surface area contributed by atoms with E-state index in [1.165, 1.54) is 70.3 Å². The molecule has 3 fully saturated rings. The van der Waals surface area contributed by atoms with Gasteiger partial charge in [0.1, 0.15) is 0 Å². The van der Waals surface area contributed by atoms with Gasteiger partial charge in [0.05, 0.1) is 19.8 Å². The number of halogens is 2.